The van der Waals surface area contributed by atoms with Crippen molar-refractivity contribution in [3.63, 3.8) is 0 Å². The number of likely N-dealkylation sites (N-methyl/N-ethyl adjacent to an activating group) is 2. The SMILES string of the molecule is CN(C)CCN=Cc1cc(Br)ccc1[O-].CN(C)CCN=Cc1cc(Br)ccc1[O-].[N-]=C=S.[N-]=C=S.[Zn+2].[Zn+2]. The zero-order valence-electron chi connectivity index (χ0n) is 21.9. The standard InChI is InChI=1S/2C11H15BrN2O.2CNS.2Zn/c2*1-14(2)6-5-13-8-9-7-10(12)3-4-11(9)15;2*2-1-3;;/h2*3-4,7-8,15H,5-6H2,1-2H3;;;;/q;;2*-1;2*+2/p-2. The zero-order valence-corrected chi connectivity index (χ0v) is 32.7. The first-order valence-electron chi connectivity index (χ1n) is 10.3. The number of nitrogens with zero attached hydrogens (tertiary/aromatic N) is 6. The molecule has 0 radical (unpaired) electrons. The van der Waals surface area contributed by atoms with E-state index in [1.807, 2.05) is 28.2 Å². The van der Waals surface area contributed by atoms with Gasteiger partial charge >= 0.3 is 39.0 Å². The molecule has 0 aliphatic rings. The van der Waals surface area contributed by atoms with Gasteiger partial charge in [0.25, 0.3) is 0 Å². The number of benzene rings is 2. The van der Waals surface area contributed by atoms with Crippen LogP contribution in [0.3, 0.4) is 0 Å². The van der Waals surface area contributed by atoms with Crippen LogP contribution in [0.1, 0.15) is 11.1 Å². The maximum atomic E-state index is 11.4. The van der Waals surface area contributed by atoms with E-state index < -0.39 is 0 Å². The summed E-state index contributed by atoms with van der Waals surface area (Å²) >= 11 is 14.0. The van der Waals surface area contributed by atoms with Crippen molar-refractivity contribution in [3.05, 3.63) is 67.3 Å². The molecule has 38 heavy (non-hydrogen) atoms. The molecule has 0 aromatic heterocycles. The maximum Gasteiger partial charge on any atom is 2.00 e. The Morgan fingerprint density at radius 1 is 0.763 bits per heavy atom. The minimum atomic E-state index is 0. The summed E-state index contributed by atoms with van der Waals surface area (Å²) in [4.78, 5) is 12.5. The van der Waals surface area contributed by atoms with Crippen molar-refractivity contribution in [1.82, 2.24) is 9.80 Å². The van der Waals surface area contributed by atoms with Crippen LogP contribution in [0, 0.1) is 0 Å². The molecule has 14 heteroatoms. The summed E-state index contributed by atoms with van der Waals surface area (Å²) in [5, 5.41) is 39.7. The van der Waals surface area contributed by atoms with Crippen molar-refractivity contribution >= 4 is 79.0 Å². The summed E-state index contributed by atoms with van der Waals surface area (Å²) in [5.74, 6) is 0.0126. The molecule has 196 valence electrons. The minimum absolute atomic E-state index is 0. The summed E-state index contributed by atoms with van der Waals surface area (Å²) < 4.78 is 1.80. The van der Waals surface area contributed by atoms with Crippen LogP contribution in [0.2, 0.25) is 0 Å². The third-order valence-electron chi connectivity index (χ3n) is 3.76. The van der Waals surface area contributed by atoms with Crippen LogP contribution in [-0.4, -0.2) is 86.9 Å². The number of halogens is 2. The quantitative estimate of drug-likeness (QED) is 0.224. The fourth-order valence-electron chi connectivity index (χ4n) is 2.08. The van der Waals surface area contributed by atoms with Crippen LogP contribution in [0.4, 0.5) is 0 Å². The first kappa shape index (κ1) is 44.1. The largest absolute Gasteiger partial charge is 2.00 e. The Kier molecular flexibility index (Phi) is 33.8. The third-order valence-corrected chi connectivity index (χ3v) is 4.74. The normalized spacial score (nSPS) is 9.47. The average Bonchev–Trinajstić information content (AvgIpc) is 2.80. The molecule has 0 amide bonds. The summed E-state index contributed by atoms with van der Waals surface area (Å²) in [6, 6.07) is 10.1. The maximum absolute atomic E-state index is 11.4. The van der Waals surface area contributed by atoms with Gasteiger partial charge in [-0.25, -0.2) is 0 Å². The fraction of sp³-hybridized carbons (Fsp3) is 0.333. The van der Waals surface area contributed by atoms with E-state index in [9.17, 15) is 10.2 Å². The molecule has 2 rings (SSSR count). The Balaban J connectivity index is -0.000000241. The van der Waals surface area contributed by atoms with Gasteiger partial charge in [-0.05, 0) is 63.6 Å². The van der Waals surface area contributed by atoms with E-state index in [2.05, 4.69) is 76.1 Å². The monoisotopic (exact) mass is 782 g/mol. The summed E-state index contributed by atoms with van der Waals surface area (Å²) in [7, 11) is 7.97. The first-order valence-corrected chi connectivity index (χ1v) is 12.7. The molecule has 0 N–H and O–H groups in total. The van der Waals surface area contributed by atoms with E-state index in [0.717, 1.165) is 22.0 Å². The van der Waals surface area contributed by atoms with Crippen LogP contribution >= 0.6 is 56.3 Å². The van der Waals surface area contributed by atoms with E-state index in [0.29, 0.717) is 24.2 Å². The Morgan fingerprint density at radius 2 is 1.05 bits per heavy atom. The average molecular weight is 787 g/mol. The van der Waals surface area contributed by atoms with E-state index in [1.165, 1.54) is 22.5 Å². The van der Waals surface area contributed by atoms with E-state index in [-0.39, 0.29) is 50.5 Å². The van der Waals surface area contributed by atoms with E-state index in [4.69, 9.17) is 10.8 Å². The van der Waals surface area contributed by atoms with Crippen LogP contribution in [0.15, 0.2) is 55.3 Å². The second kappa shape index (κ2) is 29.1. The van der Waals surface area contributed by atoms with Crippen molar-refractivity contribution in [2.24, 2.45) is 9.98 Å². The van der Waals surface area contributed by atoms with Crippen LogP contribution in [-0.2, 0) is 39.0 Å². The predicted octanol–water partition coefficient (Wildman–Crippen LogP) is 4.32. The summed E-state index contributed by atoms with van der Waals surface area (Å²) in [6.07, 6.45) is 3.27. The number of hydrogen-bond acceptors (Lipinski definition) is 8. The molecular formula is C24H28Br2N6O2S2Zn2. The van der Waals surface area contributed by atoms with Crippen LogP contribution in [0.25, 0.3) is 10.8 Å². The minimum Gasteiger partial charge on any atom is -0.872 e. The van der Waals surface area contributed by atoms with Gasteiger partial charge in [0.2, 0.25) is 0 Å². The smallest absolute Gasteiger partial charge is 0.872 e. The van der Waals surface area contributed by atoms with E-state index in [1.54, 1.807) is 36.7 Å². The van der Waals surface area contributed by atoms with Crippen molar-refractivity contribution in [1.29, 1.82) is 0 Å². The van der Waals surface area contributed by atoms with E-state index >= 15 is 0 Å². The number of thiocarbonyl (C=S) groups is 2. The van der Waals surface area contributed by atoms with Gasteiger partial charge < -0.3 is 30.8 Å². The molecule has 2 aromatic rings. The predicted molar refractivity (Wildman–Crippen MR) is 161 cm³/mol. The number of aliphatic imine (C=N–C) groups is 2. The van der Waals surface area contributed by atoms with Gasteiger partial charge in [-0.3, -0.25) is 9.98 Å². The van der Waals surface area contributed by atoms with Crippen molar-refractivity contribution in [2.75, 3.05) is 54.4 Å². The van der Waals surface area contributed by atoms with Gasteiger partial charge in [0.1, 0.15) is 0 Å². The molecule has 0 aliphatic carbocycles. The van der Waals surface area contributed by atoms with Gasteiger partial charge in [0.15, 0.2) is 0 Å². The summed E-state index contributed by atoms with van der Waals surface area (Å²) in [5.41, 5.74) is 1.26. The first-order chi connectivity index (χ1) is 17.0. The van der Waals surface area contributed by atoms with Crippen LogP contribution in [0.5, 0.6) is 11.5 Å². The van der Waals surface area contributed by atoms with Crippen molar-refractivity contribution in [3.8, 4) is 11.5 Å². The Labute approximate surface area is 278 Å². The molecule has 0 unspecified atom stereocenters. The molecule has 0 fully saturated rings. The second-order valence-corrected chi connectivity index (χ2v) is 9.42. The molecule has 0 atom stereocenters. The van der Waals surface area contributed by atoms with Crippen molar-refractivity contribution < 1.29 is 49.2 Å². The topological polar surface area (TPSA) is 122 Å². The summed E-state index contributed by atoms with van der Waals surface area (Å²) in [6.45, 7) is 3.19. The molecule has 0 spiro atoms. The second-order valence-electron chi connectivity index (χ2n) is 7.22. The Bertz CT molecular complexity index is 951. The van der Waals surface area contributed by atoms with Crippen LogP contribution < -0.4 is 10.2 Å². The Hall–Kier alpha value is -0.893. The van der Waals surface area contributed by atoms with Gasteiger partial charge in [-0.1, -0.05) is 79.9 Å². The van der Waals surface area contributed by atoms with Crippen molar-refractivity contribution in [2.45, 2.75) is 0 Å². The molecule has 0 saturated carbocycles. The molecular weight excluding hydrogens is 759 g/mol. The molecule has 2 aromatic carbocycles. The molecule has 8 nitrogen and oxygen atoms in total. The fourth-order valence-corrected chi connectivity index (χ4v) is 2.84. The van der Waals surface area contributed by atoms with Gasteiger partial charge in [-0.2, -0.15) is 10.3 Å². The zero-order chi connectivity index (χ0) is 27.9. The number of rotatable bonds is 8. The molecule has 0 aliphatic heterocycles. The van der Waals surface area contributed by atoms with Gasteiger partial charge in [0.05, 0.1) is 13.1 Å². The van der Waals surface area contributed by atoms with Gasteiger partial charge in [-0.15, -0.1) is 0 Å². The third kappa shape index (κ3) is 26.7. The molecule has 0 saturated heterocycles. The number of isothiocyanates is 2. The number of hydrogen-bond donors (Lipinski definition) is 0. The molecule has 0 bridgehead atoms. The van der Waals surface area contributed by atoms with Gasteiger partial charge in [0, 0.05) is 34.5 Å². The Morgan fingerprint density at radius 3 is 1.32 bits per heavy atom. The molecule has 0 heterocycles.